The van der Waals surface area contributed by atoms with Gasteiger partial charge in [-0.05, 0) is 18.1 Å². The van der Waals surface area contributed by atoms with Gasteiger partial charge in [-0.3, -0.25) is 4.99 Å². The maximum Gasteiger partial charge on any atom is 0.106 e. The monoisotopic (exact) mass is 269 g/mol. The van der Waals surface area contributed by atoms with Gasteiger partial charge in [0.25, 0.3) is 0 Å². The van der Waals surface area contributed by atoms with Crippen LogP contribution in [0.4, 0.5) is 0 Å². The Morgan fingerprint density at radius 1 is 1.67 bits per heavy atom. The summed E-state index contributed by atoms with van der Waals surface area (Å²) in [6.45, 7) is 7.23. The van der Waals surface area contributed by atoms with E-state index in [2.05, 4.69) is 40.5 Å². The second-order valence-corrected chi connectivity index (χ2v) is 3.70. The summed E-state index contributed by atoms with van der Waals surface area (Å²) in [5.74, 6) is 0. The van der Waals surface area contributed by atoms with Crippen LogP contribution in [0.3, 0.4) is 0 Å². The van der Waals surface area contributed by atoms with Crippen LogP contribution in [0.2, 0.25) is 0 Å². The molecule has 0 aliphatic rings. The van der Waals surface area contributed by atoms with E-state index in [0.717, 1.165) is 29.4 Å². The van der Waals surface area contributed by atoms with Crippen LogP contribution in [-0.2, 0) is 4.74 Å². The maximum absolute atomic E-state index is 4.92. The fraction of sp³-hybridized carbons (Fsp3) is 0.417. The molecule has 0 aliphatic heterocycles. The molecule has 0 unspecified atom stereocenters. The Labute approximate surface area is 100 Å². The molecule has 0 bridgehead atoms. The van der Waals surface area contributed by atoms with E-state index in [1.165, 1.54) is 0 Å². The number of halogens is 1. The number of hydrogen-bond donors (Lipinski definition) is 0. The van der Waals surface area contributed by atoms with Gasteiger partial charge in [-0.1, -0.05) is 35.9 Å². The molecule has 0 aromatic heterocycles. The van der Waals surface area contributed by atoms with Crippen LogP contribution in [0.1, 0.15) is 19.8 Å². The normalized spacial score (nSPS) is 11.4. The predicted octanol–water partition coefficient (Wildman–Crippen LogP) is 3.30. The number of rotatable bonds is 7. The van der Waals surface area contributed by atoms with Crippen LogP contribution >= 0.6 is 15.9 Å². The van der Waals surface area contributed by atoms with Gasteiger partial charge in [0.1, 0.15) is 12.7 Å². The second-order valence-electron chi connectivity index (χ2n) is 2.85. The lowest BCUT2D eigenvalue weighted by atomic mass is 10.2. The quantitative estimate of drug-likeness (QED) is 0.301. The highest BCUT2D eigenvalue weighted by Crippen LogP contribution is 2.16. The summed E-state index contributed by atoms with van der Waals surface area (Å²) in [6.07, 6.45) is 12.5. The minimum Gasteiger partial charge on any atom is -0.447 e. The molecule has 82 valence electrons. The molecule has 0 saturated heterocycles. The van der Waals surface area contributed by atoms with E-state index in [1.807, 2.05) is 6.08 Å². The third-order valence-corrected chi connectivity index (χ3v) is 2.53. The first-order valence-electron chi connectivity index (χ1n) is 4.83. The zero-order chi connectivity index (χ0) is 11.5. The minimum atomic E-state index is 0.556. The number of allylic oxidation sites excluding steroid dienone is 3. The number of aliphatic imine (C=N–C) groups is 1. The molecule has 15 heavy (non-hydrogen) atoms. The molecule has 0 amide bonds. The smallest absolute Gasteiger partial charge is 0.106 e. The van der Waals surface area contributed by atoms with Gasteiger partial charge in [0.2, 0.25) is 0 Å². The van der Waals surface area contributed by atoms with Crippen molar-refractivity contribution in [2.45, 2.75) is 19.8 Å². The Kier molecular flexibility index (Phi) is 8.90. The van der Waals surface area contributed by atoms with Crippen LogP contribution in [-0.4, -0.2) is 19.4 Å². The van der Waals surface area contributed by atoms with E-state index in [-0.39, 0.29) is 0 Å². The molecule has 0 radical (unpaired) electrons. The summed E-state index contributed by atoms with van der Waals surface area (Å²) in [5, 5.41) is 0. The van der Waals surface area contributed by atoms with E-state index in [1.54, 1.807) is 6.21 Å². The molecular weight excluding hydrogens is 254 g/mol. The van der Waals surface area contributed by atoms with Crippen molar-refractivity contribution in [1.29, 1.82) is 0 Å². The molecule has 2 nitrogen and oxygen atoms in total. The lowest BCUT2D eigenvalue weighted by molar-refractivity contribution is 0.275. The van der Waals surface area contributed by atoms with Crippen molar-refractivity contribution < 1.29 is 4.74 Å². The van der Waals surface area contributed by atoms with Crippen LogP contribution in [0.5, 0.6) is 0 Å². The number of terminal acetylenes is 1. The largest absolute Gasteiger partial charge is 0.447 e. The predicted molar refractivity (Wildman–Crippen MR) is 69.2 cm³/mol. The summed E-state index contributed by atoms with van der Waals surface area (Å²) in [6, 6.07) is 0. The summed E-state index contributed by atoms with van der Waals surface area (Å²) < 4.78 is 5.73. The van der Waals surface area contributed by atoms with Crippen molar-refractivity contribution in [3.63, 3.8) is 0 Å². The van der Waals surface area contributed by atoms with E-state index in [4.69, 9.17) is 11.2 Å². The maximum atomic E-state index is 4.92. The summed E-state index contributed by atoms with van der Waals surface area (Å²) >= 11 is 3.42. The third kappa shape index (κ3) is 8.02. The van der Waals surface area contributed by atoms with Gasteiger partial charge in [-0.15, -0.1) is 0 Å². The zero-order valence-electron chi connectivity index (χ0n) is 9.00. The van der Waals surface area contributed by atoms with Crippen molar-refractivity contribution in [2.75, 3.05) is 13.2 Å². The van der Waals surface area contributed by atoms with Crippen LogP contribution in [0.25, 0.3) is 0 Å². The minimum absolute atomic E-state index is 0.556. The lowest BCUT2D eigenvalue weighted by Gasteiger charge is -1.97. The van der Waals surface area contributed by atoms with Crippen LogP contribution in [0, 0.1) is 12.5 Å². The Hall–Kier alpha value is -1.01. The van der Waals surface area contributed by atoms with Crippen molar-refractivity contribution >= 4 is 22.1 Å². The van der Waals surface area contributed by atoms with Crippen LogP contribution < -0.4 is 0 Å². The van der Waals surface area contributed by atoms with E-state index in [9.17, 15) is 0 Å². The molecule has 0 atom stereocenters. The van der Waals surface area contributed by atoms with Gasteiger partial charge in [-0.2, -0.15) is 0 Å². The van der Waals surface area contributed by atoms with Crippen molar-refractivity contribution in [1.82, 2.24) is 0 Å². The number of nitrogens with zero attached hydrogens (tertiary/aromatic N) is 1. The average Bonchev–Trinajstić information content (AvgIpc) is 2.26. The molecule has 0 aromatic carbocycles. The SMILES string of the molecule is C#COCCCN=CC=C(Br)C(=C)CC. The first-order valence-corrected chi connectivity index (χ1v) is 5.62. The fourth-order valence-electron chi connectivity index (χ4n) is 0.766. The molecule has 0 aliphatic carbocycles. The van der Waals surface area contributed by atoms with Gasteiger partial charge in [-0.25, -0.2) is 0 Å². The molecule has 0 spiro atoms. The lowest BCUT2D eigenvalue weighted by Crippen LogP contribution is -1.90. The molecule has 0 aromatic rings. The Morgan fingerprint density at radius 3 is 3.00 bits per heavy atom. The average molecular weight is 270 g/mol. The van der Waals surface area contributed by atoms with Gasteiger partial charge in [0, 0.05) is 23.7 Å². The van der Waals surface area contributed by atoms with Crippen molar-refractivity contribution in [3.05, 3.63) is 22.7 Å². The molecular formula is C12H16BrNO. The molecule has 0 saturated carbocycles. The molecule has 0 fully saturated rings. The van der Waals surface area contributed by atoms with Gasteiger partial charge >= 0.3 is 0 Å². The highest BCUT2D eigenvalue weighted by atomic mass is 79.9. The summed E-state index contributed by atoms with van der Waals surface area (Å²) in [4.78, 5) is 4.18. The topological polar surface area (TPSA) is 21.6 Å². The van der Waals surface area contributed by atoms with Crippen molar-refractivity contribution in [2.24, 2.45) is 4.99 Å². The molecule has 0 rings (SSSR count). The summed E-state index contributed by atoms with van der Waals surface area (Å²) in [7, 11) is 0. The van der Waals surface area contributed by atoms with E-state index >= 15 is 0 Å². The molecule has 0 heterocycles. The van der Waals surface area contributed by atoms with E-state index in [0.29, 0.717) is 6.61 Å². The number of ether oxygens (including phenoxy) is 1. The Morgan fingerprint density at radius 2 is 2.40 bits per heavy atom. The Bertz CT molecular complexity index is 286. The third-order valence-electron chi connectivity index (χ3n) is 1.71. The first-order chi connectivity index (χ1) is 7.22. The highest BCUT2D eigenvalue weighted by molar-refractivity contribution is 9.12. The standard InChI is InChI=1S/C12H16BrNO/c1-4-11(3)12(13)7-9-14-8-6-10-15-5-2/h2,7,9H,3-4,6,8,10H2,1H3. The van der Waals surface area contributed by atoms with Crippen molar-refractivity contribution in [3.8, 4) is 12.5 Å². The second kappa shape index (κ2) is 9.54. The zero-order valence-corrected chi connectivity index (χ0v) is 10.6. The fourth-order valence-corrected chi connectivity index (χ4v) is 1.16. The summed E-state index contributed by atoms with van der Waals surface area (Å²) in [5.41, 5.74) is 1.07. The van der Waals surface area contributed by atoms with Gasteiger partial charge in [0.05, 0.1) is 0 Å². The highest BCUT2D eigenvalue weighted by Gasteiger charge is 1.92. The van der Waals surface area contributed by atoms with Crippen LogP contribution in [0.15, 0.2) is 27.7 Å². The molecule has 0 N–H and O–H groups in total. The first kappa shape index (κ1) is 14.0. The Balaban J connectivity index is 3.70. The van der Waals surface area contributed by atoms with Gasteiger partial charge in [0.15, 0.2) is 0 Å². The van der Waals surface area contributed by atoms with Gasteiger partial charge < -0.3 is 4.74 Å². The molecule has 3 heteroatoms. The number of hydrogen-bond acceptors (Lipinski definition) is 2. The van der Waals surface area contributed by atoms with E-state index < -0.39 is 0 Å².